The summed E-state index contributed by atoms with van der Waals surface area (Å²) >= 11 is 1.57. The van der Waals surface area contributed by atoms with Crippen LogP contribution in [0.25, 0.3) is 0 Å². The third-order valence-corrected chi connectivity index (χ3v) is 3.43. The average molecular weight is 255 g/mol. The van der Waals surface area contributed by atoms with E-state index < -0.39 is 0 Å². The molecule has 1 rings (SSSR count). The van der Waals surface area contributed by atoms with E-state index in [0.29, 0.717) is 5.75 Å². The van der Waals surface area contributed by atoms with E-state index in [4.69, 9.17) is 0 Å². The van der Waals surface area contributed by atoms with Gasteiger partial charge in [0.15, 0.2) is 0 Å². The molecule has 1 heterocycles. The Balaban J connectivity index is 2.35. The number of aromatic amines is 1. The van der Waals surface area contributed by atoms with Crippen molar-refractivity contribution >= 4 is 17.7 Å². The third kappa shape index (κ3) is 4.07. The van der Waals surface area contributed by atoms with E-state index in [1.807, 2.05) is 27.2 Å². The first kappa shape index (κ1) is 14.1. The van der Waals surface area contributed by atoms with Crippen LogP contribution in [0.15, 0.2) is 0 Å². The van der Waals surface area contributed by atoms with Crippen molar-refractivity contribution in [3.05, 3.63) is 17.0 Å². The number of nitrogens with zero attached hydrogens (tertiary/aromatic N) is 2. The highest BCUT2D eigenvalue weighted by Crippen LogP contribution is 2.12. The van der Waals surface area contributed by atoms with Crippen LogP contribution in [0.4, 0.5) is 0 Å². The molecular weight excluding hydrogens is 234 g/mol. The molecule has 0 spiro atoms. The maximum absolute atomic E-state index is 11.6. The summed E-state index contributed by atoms with van der Waals surface area (Å²) in [6, 6.07) is 0. The van der Waals surface area contributed by atoms with Gasteiger partial charge < -0.3 is 4.90 Å². The second kappa shape index (κ2) is 6.69. The van der Waals surface area contributed by atoms with Crippen LogP contribution in [0.1, 0.15) is 23.4 Å². The first-order chi connectivity index (χ1) is 8.06. The van der Waals surface area contributed by atoms with E-state index in [1.165, 1.54) is 5.56 Å². The maximum Gasteiger partial charge on any atom is 0.232 e. The number of nitrogens with one attached hydrogen (secondary N) is 1. The highest BCUT2D eigenvalue weighted by molar-refractivity contribution is 7.99. The van der Waals surface area contributed by atoms with Crippen LogP contribution in [0.2, 0.25) is 0 Å². The number of carbonyl (C=O) groups is 1. The summed E-state index contributed by atoms with van der Waals surface area (Å²) in [5.74, 6) is 0.776. The van der Waals surface area contributed by atoms with Crippen molar-refractivity contribution < 1.29 is 4.79 Å². The molecule has 0 unspecified atom stereocenters. The van der Waals surface area contributed by atoms with Crippen molar-refractivity contribution in [2.75, 3.05) is 25.6 Å². The molecule has 17 heavy (non-hydrogen) atoms. The van der Waals surface area contributed by atoms with E-state index >= 15 is 0 Å². The van der Waals surface area contributed by atoms with Gasteiger partial charge in [0.2, 0.25) is 5.91 Å². The minimum Gasteiger partial charge on any atom is -0.345 e. The zero-order valence-corrected chi connectivity index (χ0v) is 11.9. The lowest BCUT2D eigenvalue weighted by Gasteiger charge is -2.16. The molecule has 0 atom stereocenters. The molecule has 1 aromatic rings. The Bertz CT molecular complexity index is 356. The molecule has 0 aromatic carbocycles. The number of H-pyrrole nitrogens is 1. The molecule has 1 amide bonds. The van der Waals surface area contributed by atoms with Gasteiger partial charge in [0.1, 0.15) is 0 Å². The highest BCUT2D eigenvalue weighted by atomic mass is 32.2. The van der Waals surface area contributed by atoms with Gasteiger partial charge >= 0.3 is 0 Å². The lowest BCUT2D eigenvalue weighted by atomic mass is 10.1. The Hall–Kier alpha value is -0.970. The van der Waals surface area contributed by atoms with Crippen LogP contribution in [0.3, 0.4) is 0 Å². The number of carbonyl (C=O) groups excluding carboxylic acids is 1. The Morgan fingerprint density at radius 1 is 1.47 bits per heavy atom. The summed E-state index contributed by atoms with van der Waals surface area (Å²) in [6.45, 7) is 4.86. The third-order valence-electron chi connectivity index (χ3n) is 2.89. The molecule has 0 fully saturated rings. The molecule has 0 saturated carbocycles. The summed E-state index contributed by atoms with van der Waals surface area (Å²) in [4.78, 5) is 13.4. The highest BCUT2D eigenvalue weighted by Gasteiger charge is 2.09. The zero-order valence-electron chi connectivity index (χ0n) is 11.0. The smallest absolute Gasteiger partial charge is 0.232 e. The summed E-state index contributed by atoms with van der Waals surface area (Å²) in [6.07, 6.45) is 3.91. The molecule has 0 saturated heterocycles. The SMILES string of the molecule is CSCC(=O)N(C)CCCc1c(C)n[nH]c1C. The van der Waals surface area contributed by atoms with Crippen molar-refractivity contribution in [2.45, 2.75) is 26.7 Å². The van der Waals surface area contributed by atoms with Gasteiger partial charge in [0.25, 0.3) is 0 Å². The minimum atomic E-state index is 0.207. The summed E-state index contributed by atoms with van der Waals surface area (Å²) in [5, 5.41) is 7.15. The second-order valence-electron chi connectivity index (χ2n) is 4.26. The number of thioether (sulfide) groups is 1. The number of hydrogen-bond donors (Lipinski definition) is 1. The van der Waals surface area contributed by atoms with Gasteiger partial charge in [-0.2, -0.15) is 16.9 Å². The van der Waals surface area contributed by atoms with E-state index in [0.717, 1.165) is 30.8 Å². The monoisotopic (exact) mass is 255 g/mol. The van der Waals surface area contributed by atoms with Gasteiger partial charge in [-0.1, -0.05) is 0 Å². The Kier molecular flexibility index (Phi) is 5.55. The molecule has 0 radical (unpaired) electrons. The fourth-order valence-electron chi connectivity index (χ4n) is 1.79. The van der Waals surface area contributed by atoms with Crippen molar-refractivity contribution in [3.63, 3.8) is 0 Å². The Labute approximate surface area is 107 Å². The maximum atomic E-state index is 11.6. The van der Waals surface area contributed by atoms with Crippen molar-refractivity contribution in [1.82, 2.24) is 15.1 Å². The van der Waals surface area contributed by atoms with Crippen LogP contribution in [0.5, 0.6) is 0 Å². The van der Waals surface area contributed by atoms with Crippen LogP contribution < -0.4 is 0 Å². The molecule has 0 bridgehead atoms. The second-order valence-corrected chi connectivity index (χ2v) is 5.13. The van der Waals surface area contributed by atoms with Crippen LogP contribution >= 0.6 is 11.8 Å². The van der Waals surface area contributed by atoms with Gasteiger partial charge in [-0.25, -0.2) is 0 Å². The summed E-state index contributed by atoms with van der Waals surface area (Å²) in [5.41, 5.74) is 3.50. The van der Waals surface area contributed by atoms with E-state index in [-0.39, 0.29) is 5.91 Å². The van der Waals surface area contributed by atoms with Crippen molar-refractivity contribution in [3.8, 4) is 0 Å². The van der Waals surface area contributed by atoms with E-state index in [1.54, 1.807) is 16.7 Å². The molecule has 1 aromatic heterocycles. The molecule has 0 aliphatic rings. The van der Waals surface area contributed by atoms with E-state index in [2.05, 4.69) is 10.2 Å². The minimum absolute atomic E-state index is 0.207. The number of amides is 1. The Morgan fingerprint density at radius 3 is 2.71 bits per heavy atom. The van der Waals surface area contributed by atoms with Crippen LogP contribution in [0, 0.1) is 13.8 Å². The van der Waals surface area contributed by atoms with Gasteiger partial charge in [-0.3, -0.25) is 9.89 Å². The molecule has 4 nitrogen and oxygen atoms in total. The van der Waals surface area contributed by atoms with E-state index in [9.17, 15) is 4.79 Å². The summed E-state index contributed by atoms with van der Waals surface area (Å²) < 4.78 is 0. The van der Waals surface area contributed by atoms with Gasteiger partial charge in [0.05, 0.1) is 11.4 Å². The van der Waals surface area contributed by atoms with Gasteiger partial charge in [-0.05, 0) is 38.5 Å². The van der Waals surface area contributed by atoms with Crippen molar-refractivity contribution in [1.29, 1.82) is 0 Å². The molecule has 5 heteroatoms. The largest absolute Gasteiger partial charge is 0.345 e. The quantitative estimate of drug-likeness (QED) is 0.843. The zero-order chi connectivity index (χ0) is 12.8. The van der Waals surface area contributed by atoms with Crippen LogP contribution in [-0.4, -0.2) is 46.6 Å². The molecular formula is C12H21N3OS. The molecule has 1 N–H and O–H groups in total. The van der Waals surface area contributed by atoms with Crippen molar-refractivity contribution in [2.24, 2.45) is 0 Å². The molecule has 0 aliphatic heterocycles. The predicted molar refractivity (Wildman–Crippen MR) is 72.4 cm³/mol. The first-order valence-electron chi connectivity index (χ1n) is 5.79. The normalized spacial score (nSPS) is 10.6. The number of aryl methyl sites for hydroxylation is 2. The van der Waals surface area contributed by atoms with Gasteiger partial charge in [0, 0.05) is 19.3 Å². The standard InChI is InChI=1S/C12H21N3OS/c1-9-11(10(2)14-13-9)6-5-7-15(3)12(16)8-17-4/h5-8H2,1-4H3,(H,13,14). The topological polar surface area (TPSA) is 49.0 Å². The number of rotatable bonds is 6. The van der Waals surface area contributed by atoms with Gasteiger partial charge in [-0.15, -0.1) is 0 Å². The molecule has 96 valence electrons. The lowest BCUT2D eigenvalue weighted by Crippen LogP contribution is -2.29. The fraction of sp³-hybridized carbons (Fsp3) is 0.667. The summed E-state index contributed by atoms with van der Waals surface area (Å²) in [7, 11) is 1.87. The number of hydrogen-bond acceptors (Lipinski definition) is 3. The Morgan fingerprint density at radius 2 is 2.18 bits per heavy atom. The lowest BCUT2D eigenvalue weighted by molar-refractivity contribution is -0.127. The average Bonchev–Trinajstić information content (AvgIpc) is 2.60. The van der Waals surface area contributed by atoms with Crippen LogP contribution in [-0.2, 0) is 11.2 Å². The predicted octanol–water partition coefficient (Wildman–Crippen LogP) is 1.78. The number of aromatic nitrogens is 2. The first-order valence-corrected chi connectivity index (χ1v) is 7.19. The fourth-order valence-corrected chi connectivity index (χ4v) is 2.26. The molecule has 0 aliphatic carbocycles.